The van der Waals surface area contributed by atoms with E-state index in [0.29, 0.717) is 5.95 Å². The third-order valence-electron chi connectivity index (χ3n) is 10.7. The van der Waals surface area contributed by atoms with Gasteiger partial charge in [-0.1, -0.05) is 158 Å². The highest BCUT2D eigenvalue weighted by Crippen LogP contribution is 2.42. The minimum Gasteiger partial charge on any atom is -0.309 e. The molecule has 54 heavy (non-hydrogen) atoms. The van der Waals surface area contributed by atoms with E-state index in [9.17, 15) is 0 Å². The van der Waals surface area contributed by atoms with Gasteiger partial charge in [-0.3, -0.25) is 4.57 Å². The van der Waals surface area contributed by atoms with Gasteiger partial charge in [0.15, 0.2) is 0 Å². The number of aromatic nitrogens is 4. The van der Waals surface area contributed by atoms with Crippen LogP contribution in [-0.2, 0) is 0 Å². The zero-order valence-corrected chi connectivity index (χ0v) is 29.3. The summed E-state index contributed by atoms with van der Waals surface area (Å²) in [4.78, 5) is 10.7. The lowest BCUT2D eigenvalue weighted by molar-refractivity contribution is 1.01. The van der Waals surface area contributed by atoms with E-state index < -0.39 is 0 Å². The number of hydrogen-bond acceptors (Lipinski definition) is 2. The van der Waals surface area contributed by atoms with Gasteiger partial charge in [0, 0.05) is 38.2 Å². The zero-order chi connectivity index (χ0) is 35.6. The quantitative estimate of drug-likeness (QED) is 0.180. The first-order valence-electron chi connectivity index (χ1n) is 18.3. The molecule has 0 saturated heterocycles. The Balaban J connectivity index is 1.19. The van der Waals surface area contributed by atoms with E-state index in [1.54, 1.807) is 0 Å². The maximum Gasteiger partial charge on any atom is 0.235 e. The van der Waals surface area contributed by atoms with Crippen molar-refractivity contribution >= 4 is 54.5 Å². The van der Waals surface area contributed by atoms with Crippen LogP contribution in [0.1, 0.15) is 0 Å². The fourth-order valence-electron chi connectivity index (χ4n) is 8.28. The Morgan fingerprint density at radius 1 is 0.333 bits per heavy atom. The zero-order valence-electron chi connectivity index (χ0n) is 29.3. The van der Waals surface area contributed by atoms with E-state index in [-0.39, 0.29) is 0 Å². The molecule has 0 fully saturated rings. The molecule has 11 aromatic rings. The van der Waals surface area contributed by atoms with Crippen molar-refractivity contribution < 1.29 is 0 Å². The van der Waals surface area contributed by atoms with Gasteiger partial charge in [-0.25, -0.2) is 9.97 Å². The smallest absolute Gasteiger partial charge is 0.235 e. The molecule has 8 aromatic carbocycles. The van der Waals surface area contributed by atoms with Crippen molar-refractivity contribution in [1.29, 1.82) is 0 Å². The molecular formula is C50H32N4. The summed E-state index contributed by atoms with van der Waals surface area (Å²) in [6.07, 6.45) is 0. The van der Waals surface area contributed by atoms with Gasteiger partial charge in [0.2, 0.25) is 5.95 Å². The number of fused-ring (bicyclic) bond motifs is 8. The predicted octanol–water partition coefficient (Wildman–Crippen LogP) is 12.8. The van der Waals surface area contributed by atoms with Gasteiger partial charge >= 0.3 is 0 Å². The van der Waals surface area contributed by atoms with E-state index in [0.717, 1.165) is 44.3 Å². The number of nitrogens with zero attached hydrogens (tertiary/aromatic N) is 4. The Bertz CT molecular complexity index is 3190. The molecule has 0 spiro atoms. The van der Waals surface area contributed by atoms with Crippen LogP contribution < -0.4 is 0 Å². The molecule has 252 valence electrons. The Kier molecular flexibility index (Phi) is 6.82. The van der Waals surface area contributed by atoms with E-state index >= 15 is 0 Å². The van der Waals surface area contributed by atoms with Gasteiger partial charge in [0.1, 0.15) is 0 Å². The largest absolute Gasteiger partial charge is 0.309 e. The van der Waals surface area contributed by atoms with Crippen molar-refractivity contribution in [2.24, 2.45) is 0 Å². The molecule has 0 aliphatic heterocycles. The van der Waals surface area contributed by atoms with Gasteiger partial charge in [-0.15, -0.1) is 0 Å². The molecule has 0 saturated carbocycles. The van der Waals surface area contributed by atoms with Crippen LogP contribution in [0.2, 0.25) is 0 Å². The normalized spacial score (nSPS) is 11.7. The molecule has 0 aliphatic carbocycles. The van der Waals surface area contributed by atoms with Crippen molar-refractivity contribution in [3.05, 3.63) is 194 Å². The summed E-state index contributed by atoms with van der Waals surface area (Å²) in [6.45, 7) is 0. The molecule has 11 rings (SSSR count). The second-order valence-corrected chi connectivity index (χ2v) is 13.8. The first-order chi connectivity index (χ1) is 26.8. The highest BCUT2D eigenvalue weighted by molar-refractivity contribution is 6.26. The molecule has 3 heterocycles. The van der Waals surface area contributed by atoms with Crippen LogP contribution in [0.5, 0.6) is 0 Å². The Labute approximate surface area is 311 Å². The lowest BCUT2D eigenvalue weighted by atomic mass is 10.0. The summed E-state index contributed by atoms with van der Waals surface area (Å²) in [5.41, 5.74) is 13.2. The Morgan fingerprint density at radius 2 is 0.907 bits per heavy atom. The maximum atomic E-state index is 5.41. The van der Waals surface area contributed by atoms with Crippen molar-refractivity contribution in [2.45, 2.75) is 0 Å². The molecule has 0 amide bonds. The lowest BCUT2D eigenvalue weighted by Crippen LogP contribution is -2.03. The summed E-state index contributed by atoms with van der Waals surface area (Å²) in [5, 5.41) is 5.79. The highest BCUT2D eigenvalue weighted by atomic mass is 15.2. The summed E-state index contributed by atoms with van der Waals surface area (Å²) in [5.74, 6) is 0.648. The number of rotatable bonds is 5. The Hall–Kier alpha value is -7.30. The summed E-state index contributed by atoms with van der Waals surface area (Å²) in [6, 6.07) is 69.0. The number of hydrogen-bond donors (Lipinski definition) is 0. The monoisotopic (exact) mass is 688 g/mol. The molecular weight excluding hydrogens is 657 g/mol. The highest BCUT2D eigenvalue weighted by Gasteiger charge is 2.22. The van der Waals surface area contributed by atoms with E-state index in [4.69, 9.17) is 9.97 Å². The van der Waals surface area contributed by atoms with Crippen molar-refractivity contribution in [2.75, 3.05) is 0 Å². The standard InChI is InChI=1S/C50H32N4/c1-3-14-33(15-4-1)35-26-28-36(29-27-35)48-41-21-7-10-23-43(41)51-50(52-48)54-45-25-12-9-22-42(45)47-46(54)31-30-40-39-20-8-11-24-44(39)53(49(40)47)38-19-13-18-37(32-38)34-16-5-2-6-17-34/h1-32H. The van der Waals surface area contributed by atoms with Crippen LogP contribution in [0.15, 0.2) is 194 Å². The van der Waals surface area contributed by atoms with E-state index in [2.05, 4.69) is 203 Å². The van der Waals surface area contributed by atoms with Crippen LogP contribution in [0, 0.1) is 0 Å². The van der Waals surface area contributed by atoms with Crippen LogP contribution in [0.3, 0.4) is 0 Å². The van der Waals surface area contributed by atoms with Crippen LogP contribution in [-0.4, -0.2) is 19.1 Å². The maximum absolute atomic E-state index is 5.41. The minimum atomic E-state index is 0.648. The SMILES string of the molecule is c1ccc(-c2ccc(-c3nc(-n4c5ccccc5c5c4ccc4c6ccccc6n(-c6cccc(-c7ccccc7)c6)c45)nc4ccccc34)cc2)cc1. The van der Waals surface area contributed by atoms with E-state index in [1.807, 2.05) is 0 Å². The summed E-state index contributed by atoms with van der Waals surface area (Å²) >= 11 is 0. The molecule has 3 aromatic heterocycles. The van der Waals surface area contributed by atoms with Gasteiger partial charge in [0.05, 0.1) is 33.3 Å². The number of benzene rings is 8. The van der Waals surface area contributed by atoms with Gasteiger partial charge in [-0.2, -0.15) is 0 Å². The summed E-state index contributed by atoms with van der Waals surface area (Å²) in [7, 11) is 0. The van der Waals surface area contributed by atoms with Gasteiger partial charge < -0.3 is 4.57 Å². The van der Waals surface area contributed by atoms with Gasteiger partial charge in [0.25, 0.3) is 0 Å². The molecule has 0 radical (unpaired) electrons. The van der Waals surface area contributed by atoms with Crippen molar-refractivity contribution in [3.63, 3.8) is 0 Å². The molecule has 0 unspecified atom stereocenters. The number of para-hydroxylation sites is 3. The average molecular weight is 689 g/mol. The fourth-order valence-corrected chi connectivity index (χ4v) is 8.28. The van der Waals surface area contributed by atoms with Crippen LogP contribution >= 0.6 is 0 Å². The molecule has 4 nitrogen and oxygen atoms in total. The molecule has 0 N–H and O–H groups in total. The molecule has 0 atom stereocenters. The third-order valence-corrected chi connectivity index (χ3v) is 10.7. The molecule has 0 bridgehead atoms. The van der Waals surface area contributed by atoms with E-state index in [1.165, 1.54) is 49.4 Å². The molecule has 0 aliphatic rings. The average Bonchev–Trinajstić information content (AvgIpc) is 3.77. The topological polar surface area (TPSA) is 35.6 Å². The second-order valence-electron chi connectivity index (χ2n) is 13.8. The molecule has 4 heteroatoms. The fraction of sp³-hybridized carbons (Fsp3) is 0. The first kappa shape index (κ1) is 30.3. The first-order valence-corrected chi connectivity index (χ1v) is 18.3. The second kappa shape index (κ2) is 12.1. The predicted molar refractivity (Wildman–Crippen MR) is 225 cm³/mol. The minimum absolute atomic E-state index is 0.648. The third kappa shape index (κ3) is 4.70. The van der Waals surface area contributed by atoms with Crippen molar-refractivity contribution in [3.8, 4) is 45.1 Å². The van der Waals surface area contributed by atoms with Crippen LogP contribution in [0.25, 0.3) is 99.7 Å². The summed E-state index contributed by atoms with van der Waals surface area (Å²) < 4.78 is 4.69. The Morgan fingerprint density at radius 3 is 1.67 bits per heavy atom. The van der Waals surface area contributed by atoms with Crippen LogP contribution in [0.4, 0.5) is 0 Å². The van der Waals surface area contributed by atoms with Gasteiger partial charge in [-0.05, 0) is 58.7 Å². The van der Waals surface area contributed by atoms with Crippen molar-refractivity contribution in [1.82, 2.24) is 19.1 Å². The lowest BCUT2D eigenvalue weighted by Gasteiger charge is -2.13.